The average Bonchev–Trinajstić information content (AvgIpc) is 3.40. The van der Waals surface area contributed by atoms with E-state index < -0.39 is 23.7 Å². The van der Waals surface area contributed by atoms with Crippen molar-refractivity contribution in [1.82, 2.24) is 4.98 Å². The van der Waals surface area contributed by atoms with Gasteiger partial charge in [-0.15, -0.1) is 0 Å². The van der Waals surface area contributed by atoms with E-state index in [-0.39, 0.29) is 27.9 Å². The van der Waals surface area contributed by atoms with Gasteiger partial charge < -0.3 is 19.3 Å². The third kappa shape index (κ3) is 4.74. The molecule has 1 atom stereocenters. The molecule has 1 amide bonds. The van der Waals surface area contributed by atoms with Crippen molar-refractivity contribution >= 4 is 39.9 Å². The lowest BCUT2D eigenvalue weighted by atomic mass is 9.94. The zero-order valence-electron chi connectivity index (χ0n) is 21.7. The number of carbonyl (C=O) groups excluding carboxylic acids is 3. The number of carbonyl (C=O) groups is 3. The first-order valence-electron chi connectivity index (χ1n) is 12.1. The second kappa shape index (κ2) is 11.1. The van der Waals surface area contributed by atoms with Gasteiger partial charge in [-0.1, -0.05) is 29.5 Å². The number of Topliss-reactive ketones (excluding diaryl/α,β-unsaturated/α-hetero) is 1. The number of aliphatic hydroxyl groups is 1. The number of para-hydroxylation sites is 1. The van der Waals surface area contributed by atoms with Crippen molar-refractivity contribution in [3.05, 3.63) is 75.3 Å². The molecule has 1 N–H and O–H groups in total. The van der Waals surface area contributed by atoms with Gasteiger partial charge in [0.2, 0.25) is 0 Å². The van der Waals surface area contributed by atoms with Crippen LogP contribution in [0.1, 0.15) is 51.9 Å². The molecule has 0 radical (unpaired) electrons. The number of hydrogen-bond donors (Lipinski definition) is 1. The smallest absolute Gasteiger partial charge is 0.350 e. The van der Waals surface area contributed by atoms with E-state index in [1.807, 2.05) is 13.8 Å². The normalized spacial score (nSPS) is 16.6. The predicted molar refractivity (Wildman–Crippen MR) is 143 cm³/mol. The summed E-state index contributed by atoms with van der Waals surface area (Å²) in [6.07, 6.45) is 0. The molecule has 38 heavy (non-hydrogen) atoms. The minimum Gasteiger partial charge on any atom is -0.507 e. The highest BCUT2D eigenvalue weighted by atomic mass is 32.1. The summed E-state index contributed by atoms with van der Waals surface area (Å²) >= 11 is 0.951. The Hall–Kier alpha value is -4.18. The molecule has 0 aliphatic carbocycles. The molecule has 10 heteroatoms. The van der Waals surface area contributed by atoms with Gasteiger partial charge in [-0.3, -0.25) is 14.5 Å². The lowest BCUT2D eigenvalue weighted by Gasteiger charge is -2.24. The largest absolute Gasteiger partial charge is 0.507 e. The summed E-state index contributed by atoms with van der Waals surface area (Å²) < 4.78 is 16.3. The monoisotopic (exact) mass is 536 g/mol. The van der Waals surface area contributed by atoms with E-state index >= 15 is 0 Å². The summed E-state index contributed by atoms with van der Waals surface area (Å²) in [7, 11) is 1.54. The fourth-order valence-electron chi connectivity index (χ4n) is 4.37. The van der Waals surface area contributed by atoms with Crippen LogP contribution in [0.3, 0.4) is 0 Å². The number of rotatable bonds is 8. The lowest BCUT2D eigenvalue weighted by molar-refractivity contribution is -0.132. The molecule has 1 aromatic heterocycles. The minimum atomic E-state index is -1.05. The molecule has 0 saturated carbocycles. The van der Waals surface area contributed by atoms with Gasteiger partial charge in [0, 0.05) is 11.1 Å². The molecule has 1 aliphatic heterocycles. The number of aromatic nitrogens is 1. The SMILES string of the molecule is CCOC(=O)c1sc(N2C(=O)C(=O)/C(=C(/O)c3ccc(OC)c(C)c3)[C@H]2c2ccccc2OCC)nc1C. The van der Waals surface area contributed by atoms with Crippen LogP contribution in [0.5, 0.6) is 11.5 Å². The lowest BCUT2D eigenvalue weighted by Crippen LogP contribution is -2.29. The third-order valence-electron chi connectivity index (χ3n) is 6.08. The van der Waals surface area contributed by atoms with Gasteiger partial charge in [-0.2, -0.15) is 0 Å². The number of esters is 1. The van der Waals surface area contributed by atoms with Gasteiger partial charge in [-0.05, 0) is 57.5 Å². The molecule has 4 rings (SSSR count). The maximum atomic E-state index is 13.5. The molecular weight excluding hydrogens is 508 g/mol. The Balaban J connectivity index is 1.95. The molecule has 0 bridgehead atoms. The number of nitrogens with zero attached hydrogens (tertiary/aromatic N) is 2. The first-order chi connectivity index (χ1) is 18.2. The summed E-state index contributed by atoms with van der Waals surface area (Å²) in [5.41, 5.74) is 1.84. The van der Waals surface area contributed by atoms with Gasteiger partial charge >= 0.3 is 11.9 Å². The first-order valence-corrected chi connectivity index (χ1v) is 12.9. The predicted octanol–water partition coefficient (Wildman–Crippen LogP) is 4.97. The number of benzene rings is 2. The third-order valence-corrected chi connectivity index (χ3v) is 7.22. The second-order valence-corrected chi connectivity index (χ2v) is 9.43. The molecule has 198 valence electrons. The van der Waals surface area contributed by atoms with Crippen LogP contribution < -0.4 is 14.4 Å². The summed E-state index contributed by atoms with van der Waals surface area (Å²) in [4.78, 5) is 45.4. The molecular formula is C28H28N2O7S. The molecule has 0 spiro atoms. The van der Waals surface area contributed by atoms with Crippen molar-refractivity contribution in [3.8, 4) is 11.5 Å². The Morgan fingerprint density at radius 1 is 1.08 bits per heavy atom. The molecule has 1 fully saturated rings. The molecule has 1 saturated heterocycles. The second-order valence-electron chi connectivity index (χ2n) is 8.46. The summed E-state index contributed by atoms with van der Waals surface area (Å²) in [5.74, 6) is -1.60. The van der Waals surface area contributed by atoms with Crippen LogP contribution in [0.2, 0.25) is 0 Å². The zero-order chi connectivity index (χ0) is 27.6. The van der Waals surface area contributed by atoms with E-state index in [9.17, 15) is 19.5 Å². The number of ketones is 1. The van der Waals surface area contributed by atoms with Crippen LogP contribution in [0.4, 0.5) is 5.13 Å². The van der Waals surface area contributed by atoms with E-state index in [2.05, 4.69) is 4.98 Å². The van der Waals surface area contributed by atoms with Crippen molar-refractivity contribution < 1.29 is 33.7 Å². The number of ether oxygens (including phenoxy) is 3. The van der Waals surface area contributed by atoms with E-state index in [0.29, 0.717) is 34.9 Å². The summed E-state index contributed by atoms with van der Waals surface area (Å²) in [6.45, 7) is 7.48. The molecule has 0 unspecified atom stereocenters. The number of methoxy groups -OCH3 is 1. The van der Waals surface area contributed by atoms with Crippen molar-refractivity contribution in [2.45, 2.75) is 33.7 Å². The topological polar surface area (TPSA) is 115 Å². The fourth-order valence-corrected chi connectivity index (χ4v) is 5.36. The average molecular weight is 537 g/mol. The van der Waals surface area contributed by atoms with Crippen molar-refractivity contribution in [2.24, 2.45) is 0 Å². The van der Waals surface area contributed by atoms with Crippen molar-refractivity contribution in [3.63, 3.8) is 0 Å². The van der Waals surface area contributed by atoms with E-state index in [4.69, 9.17) is 14.2 Å². The van der Waals surface area contributed by atoms with Gasteiger partial charge in [0.05, 0.1) is 31.6 Å². The molecule has 2 aromatic carbocycles. The van der Waals surface area contributed by atoms with Gasteiger partial charge in [0.1, 0.15) is 28.2 Å². The van der Waals surface area contributed by atoms with Crippen molar-refractivity contribution in [2.75, 3.05) is 25.2 Å². The van der Waals surface area contributed by atoms with Crippen LogP contribution in [0, 0.1) is 13.8 Å². The maximum absolute atomic E-state index is 13.5. The number of aliphatic hydroxyl groups excluding tert-OH is 1. The summed E-state index contributed by atoms with van der Waals surface area (Å²) in [6, 6.07) is 10.9. The number of aryl methyl sites for hydroxylation is 2. The maximum Gasteiger partial charge on any atom is 0.350 e. The highest BCUT2D eigenvalue weighted by Crippen LogP contribution is 2.46. The Morgan fingerprint density at radius 3 is 2.47 bits per heavy atom. The highest BCUT2D eigenvalue weighted by molar-refractivity contribution is 7.17. The Kier molecular flexibility index (Phi) is 7.82. The number of anilines is 1. The zero-order valence-corrected chi connectivity index (χ0v) is 22.5. The summed E-state index contributed by atoms with van der Waals surface area (Å²) in [5, 5.41) is 11.6. The van der Waals surface area contributed by atoms with Gasteiger partial charge in [-0.25, -0.2) is 9.78 Å². The molecule has 3 aromatic rings. The highest BCUT2D eigenvalue weighted by Gasteiger charge is 2.49. The van der Waals surface area contributed by atoms with E-state index in [1.165, 1.54) is 4.90 Å². The fraction of sp³-hybridized carbons (Fsp3) is 0.286. The van der Waals surface area contributed by atoms with Crippen LogP contribution >= 0.6 is 11.3 Å². The van der Waals surface area contributed by atoms with Crippen LogP contribution in [0.15, 0.2) is 48.0 Å². The standard InChI is InChI=1S/C28H28N2O7S/c1-6-36-20-11-9-8-10-18(20)22-21(23(31)17-12-13-19(35-5)15(3)14-17)24(32)26(33)30(22)28-29-16(4)25(38-28)27(34)37-7-2/h8-14,22,31H,6-7H2,1-5H3/b23-21+/t22-/m1/s1. The van der Waals surface area contributed by atoms with Crippen LogP contribution in [-0.2, 0) is 14.3 Å². The molecule has 9 nitrogen and oxygen atoms in total. The van der Waals surface area contributed by atoms with E-state index in [0.717, 1.165) is 16.9 Å². The van der Waals surface area contributed by atoms with Gasteiger partial charge in [0.15, 0.2) is 5.13 Å². The van der Waals surface area contributed by atoms with E-state index in [1.54, 1.807) is 63.4 Å². The van der Waals surface area contributed by atoms with Crippen LogP contribution in [0.25, 0.3) is 5.76 Å². The van der Waals surface area contributed by atoms with Crippen LogP contribution in [-0.4, -0.2) is 48.1 Å². The first kappa shape index (κ1) is 26.9. The van der Waals surface area contributed by atoms with Crippen molar-refractivity contribution in [1.29, 1.82) is 0 Å². The Bertz CT molecular complexity index is 1440. The molecule has 1 aliphatic rings. The Morgan fingerprint density at radius 2 is 1.82 bits per heavy atom. The minimum absolute atomic E-state index is 0.114. The number of hydrogen-bond acceptors (Lipinski definition) is 9. The quantitative estimate of drug-likeness (QED) is 0.186. The number of thiazole rings is 1. The van der Waals surface area contributed by atoms with Gasteiger partial charge in [0.25, 0.3) is 5.78 Å². The Labute approximate surface area is 224 Å². The molecule has 2 heterocycles. The number of amides is 1.